The van der Waals surface area contributed by atoms with Gasteiger partial charge in [0.25, 0.3) is 0 Å². The van der Waals surface area contributed by atoms with Crippen LogP contribution in [0.3, 0.4) is 0 Å². The molecule has 0 aromatic heterocycles. The van der Waals surface area contributed by atoms with Gasteiger partial charge >= 0.3 is 0 Å². The molecular weight excluding hydrogens is 231 g/mol. The molecule has 18 heavy (non-hydrogen) atoms. The summed E-state index contributed by atoms with van der Waals surface area (Å²) < 4.78 is 18.6. The second-order valence-electron chi connectivity index (χ2n) is 5.45. The first-order valence-corrected chi connectivity index (χ1v) is 6.54. The van der Waals surface area contributed by atoms with E-state index >= 15 is 0 Å². The number of halogens is 1. The normalized spacial score (nSPS) is 22.0. The first-order chi connectivity index (χ1) is 8.72. The average molecular weight is 250 g/mol. The first-order valence-electron chi connectivity index (χ1n) is 6.54. The van der Waals surface area contributed by atoms with Gasteiger partial charge < -0.3 is 15.4 Å². The smallest absolute Gasteiger partial charge is 0.123 e. The standard InChI is InChI=1S/C14H19FN2O/c15-12-1-2-13(11(7-12)8-16)17-9-14(10-17)3-5-18-6-4-14/h1-2,7H,3-6,8-10,16H2. The fourth-order valence-electron chi connectivity index (χ4n) is 3.08. The molecule has 3 nitrogen and oxygen atoms in total. The third kappa shape index (κ3) is 1.99. The minimum Gasteiger partial charge on any atom is -0.381 e. The van der Waals surface area contributed by atoms with E-state index in [9.17, 15) is 4.39 Å². The number of hydrogen-bond donors (Lipinski definition) is 1. The minimum atomic E-state index is -0.208. The van der Waals surface area contributed by atoms with Crippen molar-refractivity contribution in [3.63, 3.8) is 0 Å². The van der Waals surface area contributed by atoms with Crippen LogP contribution < -0.4 is 10.6 Å². The lowest BCUT2D eigenvalue weighted by atomic mass is 9.73. The summed E-state index contributed by atoms with van der Waals surface area (Å²) >= 11 is 0. The van der Waals surface area contributed by atoms with E-state index < -0.39 is 0 Å². The second kappa shape index (κ2) is 4.52. The molecule has 4 heteroatoms. The van der Waals surface area contributed by atoms with Crippen LogP contribution in [0, 0.1) is 11.2 Å². The van der Waals surface area contributed by atoms with Crippen LogP contribution in [0.25, 0.3) is 0 Å². The Balaban J connectivity index is 1.74. The number of hydrogen-bond acceptors (Lipinski definition) is 3. The monoisotopic (exact) mass is 250 g/mol. The van der Waals surface area contributed by atoms with Crippen molar-refractivity contribution in [2.45, 2.75) is 19.4 Å². The minimum absolute atomic E-state index is 0.208. The number of benzene rings is 1. The zero-order valence-electron chi connectivity index (χ0n) is 10.5. The van der Waals surface area contributed by atoms with Gasteiger partial charge in [-0.3, -0.25) is 0 Å². The lowest BCUT2D eigenvalue weighted by Crippen LogP contribution is -2.58. The molecule has 2 heterocycles. The van der Waals surface area contributed by atoms with Gasteiger partial charge in [0.1, 0.15) is 5.82 Å². The maximum Gasteiger partial charge on any atom is 0.123 e. The molecule has 2 aliphatic rings. The summed E-state index contributed by atoms with van der Waals surface area (Å²) in [6.07, 6.45) is 2.28. The number of rotatable bonds is 2. The van der Waals surface area contributed by atoms with Gasteiger partial charge in [-0.25, -0.2) is 4.39 Å². The van der Waals surface area contributed by atoms with Crippen LogP contribution in [0.4, 0.5) is 10.1 Å². The Morgan fingerprint density at radius 3 is 2.67 bits per heavy atom. The third-order valence-electron chi connectivity index (χ3n) is 4.21. The van der Waals surface area contributed by atoms with Gasteiger partial charge in [-0.15, -0.1) is 0 Å². The van der Waals surface area contributed by atoms with E-state index in [-0.39, 0.29) is 5.82 Å². The maximum atomic E-state index is 13.2. The molecule has 0 amide bonds. The highest BCUT2D eigenvalue weighted by Crippen LogP contribution is 2.42. The predicted molar refractivity (Wildman–Crippen MR) is 69.0 cm³/mol. The van der Waals surface area contributed by atoms with Crippen molar-refractivity contribution in [1.82, 2.24) is 0 Å². The van der Waals surface area contributed by atoms with Gasteiger partial charge in [0.05, 0.1) is 0 Å². The number of ether oxygens (including phenoxy) is 1. The third-order valence-corrected chi connectivity index (χ3v) is 4.21. The van der Waals surface area contributed by atoms with Crippen molar-refractivity contribution in [2.24, 2.45) is 11.1 Å². The number of anilines is 1. The summed E-state index contributed by atoms with van der Waals surface area (Å²) in [6, 6.07) is 4.91. The van der Waals surface area contributed by atoms with Crippen molar-refractivity contribution < 1.29 is 9.13 Å². The Labute approximate surface area is 107 Å². The average Bonchev–Trinajstić information content (AvgIpc) is 2.37. The summed E-state index contributed by atoms with van der Waals surface area (Å²) in [4.78, 5) is 2.31. The molecule has 0 radical (unpaired) electrons. The Kier molecular flexibility index (Phi) is 2.99. The Morgan fingerprint density at radius 2 is 2.00 bits per heavy atom. The van der Waals surface area contributed by atoms with Gasteiger partial charge in [-0.2, -0.15) is 0 Å². The van der Waals surface area contributed by atoms with Crippen LogP contribution in [0.2, 0.25) is 0 Å². The maximum absolute atomic E-state index is 13.2. The number of nitrogens with two attached hydrogens (primary N) is 1. The van der Waals surface area contributed by atoms with Gasteiger partial charge in [0, 0.05) is 44.0 Å². The molecule has 0 saturated carbocycles. The molecule has 2 fully saturated rings. The molecule has 0 aliphatic carbocycles. The van der Waals surface area contributed by atoms with Gasteiger partial charge in [0.15, 0.2) is 0 Å². The second-order valence-corrected chi connectivity index (χ2v) is 5.45. The van der Waals surface area contributed by atoms with E-state index in [0.29, 0.717) is 12.0 Å². The van der Waals surface area contributed by atoms with Crippen LogP contribution in [0.15, 0.2) is 18.2 Å². The van der Waals surface area contributed by atoms with E-state index in [1.54, 1.807) is 6.07 Å². The van der Waals surface area contributed by atoms with Gasteiger partial charge in [-0.1, -0.05) is 0 Å². The molecule has 0 unspecified atom stereocenters. The molecule has 0 atom stereocenters. The largest absolute Gasteiger partial charge is 0.381 e. The lowest BCUT2D eigenvalue weighted by Gasteiger charge is -2.53. The van der Waals surface area contributed by atoms with Crippen LogP contribution >= 0.6 is 0 Å². The Morgan fingerprint density at radius 1 is 1.28 bits per heavy atom. The van der Waals surface area contributed by atoms with Gasteiger partial charge in [0.2, 0.25) is 0 Å². The van der Waals surface area contributed by atoms with Crippen molar-refractivity contribution in [1.29, 1.82) is 0 Å². The van der Waals surface area contributed by atoms with E-state index in [4.69, 9.17) is 10.5 Å². The van der Waals surface area contributed by atoms with E-state index in [0.717, 1.165) is 50.4 Å². The molecule has 2 saturated heterocycles. The zero-order valence-corrected chi connectivity index (χ0v) is 10.5. The molecule has 3 rings (SSSR count). The SMILES string of the molecule is NCc1cc(F)ccc1N1CC2(CCOCC2)C1. The fraction of sp³-hybridized carbons (Fsp3) is 0.571. The van der Waals surface area contributed by atoms with Crippen LogP contribution in [-0.2, 0) is 11.3 Å². The molecule has 1 aromatic carbocycles. The van der Waals surface area contributed by atoms with E-state index in [1.807, 2.05) is 6.07 Å². The molecule has 98 valence electrons. The van der Waals surface area contributed by atoms with Crippen molar-refractivity contribution in [3.8, 4) is 0 Å². The highest BCUT2D eigenvalue weighted by atomic mass is 19.1. The quantitative estimate of drug-likeness (QED) is 0.871. The van der Waals surface area contributed by atoms with Crippen LogP contribution in [0.1, 0.15) is 18.4 Å². The summed E-state index contributed by atoms with van der Waals surface area (Å²) in [5, 5.41) is 0. The predicted octanol–water partition coefficient (Wildman–Crippen LogP) is 1.90. The molecule has 1 aromatic rings. The molecule has 2 aliphatic heterocycles. The van der Waals surface area contributed by atoms with Crippen LogP contribution in [0.5, 0.6) is 0 Å². The van der Waals surface area contributed by atoms with E-state index in [1.165, 1.54) is 6.07 Å². The number of nitrogens with zero attached hydrogens (tertiary/aromatic N) is 1. The molecule has 1 spiro atoms. The molecule has 0 bridgehead atoms. The summed E-state index contributed by atoms with van der Waals surface area (Å²) in [5.74, 6) is -0.208. The van der Waals surface area contributed by atoms with Crippen molar-refractivity contribution in [2.75, 3.05) is 31.2 Å². The zero-order chi connectivity index (χ0) is 12.6. The van der Waals surface area contributed by atoms with Gasteiger partial charge in [-0.05, 0) is 36.6 Å². The first kappa shape index (κ1) is 11.9. The fourth-order valence-corrected chi connectivity index (χ4v) is 3.08. The summed E-state index contributed by atoms with van der Waals surface area (Å²) in [6.45, 7) is 4.24. The lowest BCUT2D eigenvalue weighted by molar-refractivity contribution is -0.000241. The highest BCUT2D eigenvalue weighted by molar-refractivity contribution is 5.56. The highest BCUT2D eigenvalue weighted by Gasteiger charge is 2.44. The Hall–Kier alpha value is -1.13. The van der Waals surface area contributed by atoms with E-state index in [2.05, 4.69) is 4.90 Å². The Bertz CT molecular complexity index is 435. The van der Waals surface area contributed by atoms with Crippen molar-refractivity contribution in [3.05, 3.63) is 29.6 Å². The molecule has 2 N–H and O–H groups in total. The summed E-state index contributed by atoms with van der Waals surface area (Å²) in [7, 11) is 0. The summed E-state index contributed by atoms with van der Waals surface area (Å²) in [5.41, 5.74) is 8.12. The molecular formula is C14H19FN2O. The van der Waals surface area contributed by atoms with Crippen LogP contribution in [-0.4, -0.2) is 26.3 Å². The topological polar surface area (TPSA) is 38.5 Å². The van der Waals surface area contributed by atoms with Crippen molar-refractivity contribution >= 4 is 5.69 Å².